The Bertz CT molecular complexity index is 503. The second-order valence-corrected chi connectivity index (χ2v) is 5.15. The highest BCUT2D eigenvalue weighted by Crippen LogP contribution is 2.21. The molecular weight excluding hydrogens is 280 g/mol. The predicted octanol–water partition coefficient (Wildman–Crippen LogP) is 3.69. The molecule has 6 heteroatoms. The summed E-state index contributed by atoms with van der Waals surface area (Å²) >= 11 is 5.77. The van der Waals surface area contributed by atoms with E-state index in [2.05, 4.69) is 5.32 Å². The number of carbonyl (C=O) groups is 2. The van der Waals surface area contributed by atoms with Crippen molar-refractivity contribution in [1.82, 2.24) is 4.90 Å². The fraction of sp³-hybridized carbons (Fsp3) is 0.429. The van der Waals surface area contributed by atoms with Gasteiger partial charge >= 0.3 is 12.0 Å². The molecule has 0 aliphatic carbocycles. The van der Waals surface area contributed by atoms with Gasteiger partial charge in [0.05, 0.1) is 11.3 Å². The summed E-state index contributed by atoms with van der Waals surface area (Å²) in [4.78, 5) is 25.0. The van der Waals surface area contributed by atoms with Crippen molar-refractivity contribution in [3.8, 4) is 0 Å². The molecule has 0 aliphatic heterocycles. The fourth-order valence-electron chi connectivity index (χ4n) is 1.82. The zero-order valence-electron chi connectivity index (χ0n) is 11.8. The lowest BCUT2D eigenvalue weighted by Crippen LogP contribution is -2.40. The van der Waals surface area contributed by atoms with Gasteiger partial charge in [-0.05, 0) is 38.5 Å². The molecule has 0 unspecified atom stereocenters. The van der Waals surface area contributed by atoms with Crippen molar-refractivity contribution in [3.05, 3.63) is 28.8 Å². The minimum atomic E-state index is -1.13. The number of halogens is 1. The largest absolute Gasteiger partial charge is 0.478 e. The zero-order valence-corrected chi connectivity index (χ0v) is 12.6. The lowest BCUT2D eigenvalue weighted by molar-refractivity contribution is 0.0698. The summed E-state index contributed by atoms with van der Waals surface area (Å²) in [5, 5.41) is 12.1. The number of amides is 2. The Labute approximate surface area is 123 Å². The number of carboxylic acids is 1. The van der Waals surface area contributed by atoms with E-state index in [9.17, 15) is 9.59 Å². The van der Waals surface area contributed by atoms with E-state index >= 15 is 0 Å². The second kappa shape index (κ2) is 7.14. The standard InChI is InChI=1S/C14H19ClN2O3/c1-4-7-17(9(2)3)14(20)16-12-6-5-10(15)8-11(12)13(18)19/h5-6,8-9H,4,7H2,1-3H3,(H,16,20)(H,18,19). The average Bonchev–Trinajstić information content (AvgIpc) is 2.37. The van der Waals surface area contributed by atoms with Gasteiger partial charge in [0.2, 0.25) is 0 Å². The molecule has 1 aromatic rings. The average molecular weight is 299 g/mol. The zero-order chi connectivity index (χ0) is 15.3. The summed E-state index contributed by atoms with van der Waals surface area (Å²) in [6, 6.07) is 4.08. The van der Waals surface area contributed by atoms with Gasteiger partial charge < -0.3 is 15.3 Å². The Morgan fingerprint density at radius 1 is 1.40 bits per heavy atom. The van der Waals surface area contributed by atoms with Gasteiger partial charge in [-0.1, -0.05) is 18.5 Å². The molecule has 0 atom stereocenters. The predicted molar refractivity (Wildman–Crippen MR) is 79.6 cm³/mol. The SMILES string of the molecule is CCCN(C(=O)Nc1ccc(Cl)cc1C(=O)O)C(C)C. The minimum absolute atomic E-state index is 0.0222. The van der Waals surface area contributed by atoms with Crippen LogP contribution in [0.4, 0.5) is 10.5 Å². The summed E-state index contributed by atoms with van der Waals surface area (Å²) in [6.45, 7) is 6.41. The first kappa shape index (κ1) is 16.3. The molecule has 0 saturated heterocycles. The van der Waals surface area contributed by atoms with Crippen LogP contribution in [-0.2, 0) is 0 Å². The number of nitrogens with one attached hydrogen (secondary N) is 1. The highest BCUT2D eigenvalue weighted by atomic mass is 35.5. The fourth-order valence-corrected chi connectivity index (χ4v) is 2.00. The van der Waals surface area contributed by atoms with Crippen LogP contribution < -0.4 is 5.32 Å². The molecule has 5 nitrogen and oxygen atoms in total. The van der Waals surface area contributed by atoms with Crippen molar-refractivity contribution in [2.45, 2.75) is 33.2 Å². The van der Waals surface area contributed by atoms with Crippen molar-refractivity contribution in [2.24, 2.45) is 0 Å². The number of benzene rings is 1. The second-order valence-electron chi connectivity index (χ2n) is 4.71. The molecule has 0 aliphatic rings. The van der Waals surface area contributed by atoms with Crippen LogP contribution in [0.5, 0.6) is 0 Å². The number of hydrogen-bond acceptors (Lipinski definition) is 2. The molecule has 0 saturated carbocycles. The summed E-state index contributed by atoms with van der Waals surface area (Å²) < 4.78 is 0. The van der Waals surface area contributed by atoms with Gasteiger partial charge in [-0.15, -0.1) is 0 Å². The smallest absolute Gasteiger partial charge is 0.337 e. The topological polar surface area (TPSA) is 69.6 Å². The first-order valence-electron chi connectivity index (χ1n) is 6.47. The maximum atomic E-state index is 12.2. The van der Waals surface area contributed by atoms with Gasteiger partial charge in [0.25, 0.3) is 0 Å². The van der Waals surface area contributed by atoms with E-state index in [1.54, 1.807) is 11.0 Å². The van der Waals surface area contributed by atoms with Crippen LogP contribution >= 0.6 is 11.6 Å². The summed E-state index contributed by atoms with van der Waals surface area (Å²) in [7, 11) is 0. The molecule has 110 valence electrons. The van der Waals surface area contributed by atoms with Crippen molar-refractivity contribution in [2.75, 3.05) is 11.9 Å². The maximum absolute atomic E-state index is 12.2. The summed E-state index contributed by atoms with van der Waals surface area (Å²) in [5.41, 5.74) is 0.222. The van der Waals surface area contributed by atoms with E-state index < -0.39 is 5.97 Å². The molecule has 0 heterocycles. The summed E-state index contributed by atoms with van der Waals surface area (Å²) in [6.07, 6.45) is 0.831. The number of anilines is 1. The van der Waals surface area contributed by atoms with E-state index in [0.29, 0.717) is 11.6 Å². The Kier molecular flexibility index (Phi) is 5.82. The Morgan fingerprint density at radius 3 is 2.55 bits per heavy atom. The lowest BCUT2D eigenvalue weighted by atomic mass is 10.2. The number of rotatable bonds is 5. The van der Waals surface area contributed by atoms with Gasteiger partial charge in [0, 0.05) is 17.6 Å². The van der Waals surface area contributed by atoms with E-state index in [4.69, 9.17) is 16.7 Å². The van der Waals surface area contributed by atoms with Crippen LogP contribution in [0.3, 0.4) is 0 Å². The minimum Gasteiger partial charge on any atom is -0.478 e. The molecule has 2 N–H and O–H groups in total. The van der Waals surface area contributed by atoms with Gasteiger partial charge in [0.15, 0.2) is 0 Å². The van der Waals surface area contributed by atoms with E-state index in [0.717, 1.165) is 6.42 Å². The van der Waals surface area contributed by atoms with Crippen molar-refractivity contribution < 1.29 is 14.7 Å². The molecule has 0 fully saturated rings. The van der Waals surface area contributed by atoms with Crippen LogP contribution in [0.1, 0.15) is 37.6 Å². The number of urea groups is 1. The van der Waals surface area contributed by atoms with Crippen molar-refractivity contribution >= 4 is 29.3 Å². The number of carbonyl (C=O) groups excluding carboxylic acids is 1. The molecule has 0 spiro atoms. The molecule has 1 aromatic carbocycles. The summed E-state index contributed by atoms with van der Waals surface area (Å²) in [5.74, 6) is -1.13. The maximum Gasteiger partial charge on any atom is 0.337 e. The molecule has 0 bridgehead atoms. The van der Waals surface area contributed by atoms with Crippen LogP contribution in [0.25, 0.3) is 0 Å². The highest BCUT2D eigenvalue weighted by molar-refractivity contribution is 6.31. The van der Waals surface area contributed by atoms with Crippen LogP contribution in [0.15, 0.2) is 18.2 Å². The molecule has 0 radical (unpaired) electrons. The van der Waals surface area contributed by atoms with Gasteiger partial charge in [-0.3, -0.25) is 0 Å². The third kappa shape index (κ3) is 4.13. The molecule has 0 aromatic heterocycles. The Hall–Kier alpha value is -1.75. The first-order chi connectivity index (χ1) is 9.36. The van der Waals surface area contributed by atoms with Gasteiger partial charge in [0.1, 0.15) is 0 Å². The van der Waals surface area contributed by atoms with Gasteiger partial charge in [-0.25, -0.2) is 9.59 Å². The number of hydrogen-bond donors (Lipinski definition) is 2. The number of carboxylic acid groups (broad SMARTS) is 1. The van der Waals surface area contributed by atoms with Crippen LogP contribution in [0.2, 0.25) is 5.02 Å². The molecule has 1 rings (SSSR count). The monoisotopic (exact) mass is 298 g/mol. The van der Waals surface area contributed by atoms with Crippen molar-refractivity contribution in [3.63, 3.8) is 0 Å². The molecule has 20 heavy (non-hydrogen) atoms. The van der Waals surface area contributed by atoms with Crippen molar-refractivity contribution in [1.29, 1.82) is 0 Å². The number of aromatic carboxylic acids is 1. The first-order valence-corrected chi connectivity index (χ1v) is 6.85. The third-order valence-electron chi connectivity index (χ3n) is 2.80. The quantitative estimate of drug-likeness (QED) is 0.871. The van der Waals surface area contributed by atoms with Gasteiger partial charge in [-0.2, -0.15) is 0 Å². The van der Waals surface area contributed by atoms with Crippen LogP contribution in [-0.4, -0.2) is 34.6 Å². The van der Waals surface area contributed by atoms with Crippen LogP contribution in [0, 0.1) is 0 Å². The van der Waals surface area contributed by atoms with E-state index in [1.807, 2.05) is 20.8 Å². The normalized spacial score (nSPS) is 10.4. The Balaban J connectivity index is 2.97. The highest BCUT2D eigenvalue weighted by Gasteiger charge is 2.19. The molecular formula is C14H19ClN2O3. The van der Waals surface area contributed by atoms with E-state index in [-0.39, 0.29) is 23.3 Å². The van der Waals surface area contributed by atoms with E-state index in [1.165, 1.54) is 12.1 Å². The third-order valence-corrected chi connectivity index (χ3v) is 3.04. The lowest BCUT2D eigenvalue weighted by Gasteiger charge is -2.26. The number of nitrogens with zero attached hydrogens (tertiary/aromatic N) is 1. The molecule has 2 amide bonds. The Morgan fingerprint density at radius 2 is 2.05 bits per heavy atom.